The van der Waals surface area contributed by atoms with Crippen LogP contribution in [0.15, 0.2) is 59.5 Å². The summed E-state index contributed by atoms with van der Waals surface area (Å²) in [7, 11) is -3.58. The van der Waals surface area contributed by atoms with Crippen LogP contribution in [-0.4, -0.2) is 55.8 Å². The van der Waals surface area contributed by atoms with E-state index in [1.165, 1.54) is 16.4 Å². The minimum Gasteiger partial charge on any atom is -0.478 e. The van der Waals surface area contributed by atoms with E-state index in [1.807, 2.05) is 0 Å². The highest BCUT2D eigenvalue weighted by atomic mass is 32.2. The van der Waals surface area contributed by atoms with Crippen LogP contribution in [0.5, 0.6) is 5.75 Å². The van der Waals surface area contributed by atoms with Gasteiger partial charge in [0.1, 0.15) is 0 Å². The van der Waals surface area contributed by atoms with Gasteiger partial charge >= 0.3 is 0 Å². The van der Waals surface area contributed by atoms with Crippen molar-refractivity contribution in [2.75, 3.05) is 26.2 Å². The van der Waals surface area contributed by atoms with Crippen molar-refractivity contribution >= 4 is 15.9 Å². The summed E-state index contributed by atoms with van der Waals surface area (Å²) < 4.78 is 46.1. The summed E-state index contributed by atoms with van der Waals surface area (Å²) in [5.41, 5.74) is 0. The van der Waals surface area contributed by atoms with E-state index < -0.39 is 21.9 Å². The van der Waals surface area contributed by atoms with Crippen molar-refractivity contribution in [1.29, 1.82) is 0 Å². The Morgan fingerprint density at radius 1 is 1.04 bits per heavy atom. The van der Waals surface area contributed by atoms with E-state index in [0.717, 1.165) is 0 Å². The van der Waals surface area contributed by atoms with Crippen molar-refractivity contribution in [3.05, 3.63) is 60.4 Å². The molecule has 28 heavy (non-hydrogen) atoms. The average Bonchev–Trinajstić information content (AvgIpc) is 2.73. The van der Waals surface area contributed by atoms with Gasteiger partial charge in [0.25, 0.3) is 5.91 Å². The Labute approximate surface area is 164 Å². The topological polar surface area (TPSA) is 66.9 Å². The molecule has 0 N–H and O–H groups in total. The predicted molar refractivity (Wildman–Crippen MR) is 103 cm³/mol. The van der Waals surface area contributed by atoms with Crippen LogP contribution in [0, 0.1) is 5.82 Å². The number of piperazine rings is 1. The molecule has 1 fully saturated rings. The van der Waals surface area contributed by atoms with Gasteiger partial charge in [0, 0.05) is 26.2 Å². The van der Waals surface area contributed by atoms with Gasteiger partial charge in [-0.15, -0.1) is 0 Å². The van der Waals surface area contributed by atoms with Gasteiger partial charge in [0.05, 0.1) is 4.90 Å². The lowest BCUT2D eigenvalue weighted by Crippen LogP contribution is -2.53. The third-order valence-electron chi connectivity index (χ3n) is 4.68. The van der Waals surface area contributed by atoms with Crippen molar-refractivity contribution in [3.63, 3.8) is 0 Å². The Kier molecular flexibility index (Phi) is 6.31. The second kappa shape index (κ2) is 8.70. The van der Waals surface area contributed by atoms with E-state index in [0.29, 0.717) is 6.42 Å². The van der Waals surface area contributed by atoms with Gasteiger partial charge < -0.3 is 9.64 Å². The van der Waals surface area contributed by atoms with Crippen LogP contribution in [0.4, 0.5) is 4.39 Å². The summed E-state index contributed by atoms with van der Waals surface area (Å²) in [6.07, 6.45) is -0.426. The summed E-state index contributed by atoms with van der Waals surface area (Å²) in [6.45, 7) is 2.74. The number of benzene rings is 2. The molecular formula is C20H23FN2O4S. The molecular weight excluding hydrogens is 383 g/mol. The van der Waals surface area contributed by atoms with Gasteiger partial charge in [-0.25, -0.2) is 12.8 Å². The van der Waals surface area contributed by atoms with Crippen molar-refractivity contribution in [2.24, 2.45) is 0 Å². The number of para-hydroxylation sites is 1. The second-order valence-electron chi connectivity index (χ2n) is 6.49. The van der Waals surface area contributed by atoms with Crippen molar-refractivity contribution in [3.8, 4) is 5.75 Å². The molecule has 1 amide bonds. The predicted octanol–water partition coefficient (Wildman–Crippen LogP) is 2.52. The first-order chi connectivity index (χ1) is 13.4. The lowest BCUT2D eigenvalue weighted by Gasteiger charge is -2.35. The molecule has 0 bridgehead atoms. The van der Waals surface area contributed by atoms with E-state index in [9.17, 15) is 17.6 Å². The lowest BCUT2D eigenvalue weighted by atomic mass is 10.2. The molecule has 0 spiro atoms. The molecule has 1 aliphatic rings. The SMILES string of the molecule is CC[C@@H](Oc1ccccc1F)C(=O)N1CCN(S(=O)(=O)c2ccccc2)CC1. The number of carbonyl (C=O) groups excluding carboxylic acids is 1. The molecule has 2 aromatic carbocycles. The number of sulfonamides is 1. The van der Waals surface area contributed by atoms with Crippen LogP contribution in [0.1, 0.15) is 13.3 Å². The highest BCUT2D eigenvalue weighted by Crippen LogP contribution is 2.21. The molecule has 0 radical (unpaired) electrons. The minimum atomic E-state index is -3.58. The fraction of sp³-hybridized carbons (Fsp3) is 0.350. The van der Waals surface area contributed by atoms with Crippen molar-refractivity contribution in [2.45, 2.75) is 24.3 Å². The summed E-state index contributed by atoms with van der Waals surface area (Å²) in [5, 5.41) is 0. The van der Waals surface area contributed by atoms with E-state index >= 15 is 0 Å². The number of hydrogen-bond acceptors (Lipinski definition) is 4. The molecule has 1 aliphatic heterocycles. The Bertz CT molecular complexity index is 913. The first-order valence-corrected chi connectivity index (χ1v) is 10.6. The van der Waals surface area contributed by atoms with Crippen LogP contribution in [0.25, 0.3) is 0 Å². The number of rotatable bonds is 6. The van der Waals surface area contributed by atoms with Gasteiger partial charge in [0.15, 0.2) is 17.7 Å². The highest BCUT2D eigenvalue weighted by molar-refractivity contribution is 7.89. The maximum Gasteiger partial charge on any atom is 0.263 e. The number of amides is 1. The summed E-state index contributed by atoms with van der Waals surface area (Å²) in [5.74, 6) is -0.747. The van der Waals surface area contributed by atoms with Crippen molar-refractivity contribution in [1.82, 2.24) is 9.21 Å². The molecule has 0 unspecified atom stereocenters. The number of nitrogens with zero attached hydrogens (tertiary/aromatic N) is 2. The number of ether oxygens (including phenoxy) is 1. The van der Waals surface area contributed by atoms with Crippen LogP contribution in [0.2, 0.25) is 0 Å². The van der Waals surface area contributed by atoms with Crippen LogP contribution in [-0.2, 0) is 14.8 Å². The van der Waals surface area contributed by atoms with Crippen LogP contribution < -0.4 is 4.74 Å². The first-order valence-electron chi connectivity index (χ1n) is 9.18. The normalized spacial score (nSPS) is 16.6. The molecule has 6 nitrogen and oxygen atoms in total. The molecule has 1 atom stereocenters. The highest BCUT2D eigenvalue weighted by Gasteiger charge is 2.32. The molecule has 0 saturated carbocycles. The van der Waals surface area contributed by atoms with E-state index in [1.54, 1.807) is 54.3 Å². The Morgan fingerprint density at radius 3 is 2.25 bits per heavy atom. The number of carbonyl (C=O) groups is 1. The summed E-state index contributed by atoms with van der Waals surface area (Å²) in [6, 6.07) is 14.2. The third-order valence-corrected chi connectivity index (χ3v) is 6.60. The van der Waals surface area contributed by atoms with Crippen molar-refractivity contribution < 1.29 is 22.3 Å². The molecule has 1 heterocycles. The van der Waals surface area contributed by atoms with Gasteiger partial charge in [-0.2, -0.15) is 4.31 Å². The van der Waals surface area contributed by atoms with Crippen LogP contribution in [0.3, 0.4) is 0 Å². The zero-order valence-electron chi connectivity index (χ0n) is 15.6. The number of halogens is 1. The quantitative estimate of drug-likeness (QED) is 0.739. The molecule has 150 valence electrons. The maximum atomic E-state index is 13.8. The fourth-order valence-electron chi connectivity index (χ4n) is 3.10. The molecule has 0 aromatic heterocycles. The Morgan fingerprint density at radius 2 is 1.64 bits per heavy atom. The van der Waals surface area contributed by atoms with Gasteiger partial charge in [0.2, 0.25) is 10.0 Å². The minimum absolute atomic E-state index is 0.0352. The zero-order valence-corrected chi connectivity index (χ0v) is 16.4. The number of hydrogen-bond donors (Lipinski definition) is 0. The molecule has 1 saturated heterocycles. The molecule has 2 aromatic rings. The maximum absolute atomic E-state index is 13.8. The molecule has 0 aliphatic carbocycles. The smallest absolute Gasteiger partial charge is 0.263 e. The summed E-state index contributed by atoms with van der Waals surface area (Å²) in [4.78, 5) is 14.6. The zero-order chi connectivity index (χ0) is 20.1. The van der Waals surface area contributed by atoms with Gasteiger partial charge in [-0.1, -0.05) is 37.3 Å². The Balaban J connectivity index is 1.63. The first kappa shape index (κ1) is 20.3. The lowest BCUT2D eigenvalue weighted by molar-refractivity contribution is -0.140. The van der Waals surface area contributed by atoms with E-state index in [2.05, 4.69) is 0 Å². The largest absolute Gasteiger partial charge is 0.478 e. The van der Waals surface area contributed by atoms with Crippen LogP contribution >= 0.6 is 0 Å². The second-order valence-corrected chi connectivity index (χ2v) is 8.43. The molecule has 3 rings (SSSR count). The standard InChI is InChI=1S/C20H23FN2O4S/c1-2-18(27-19-11-7-6-10-17(19)21)20(24)22-12-14-23(15-13-22)28(25,26)16-8-4-3-5-9-16/h3-11,18H,2,12-15H2,1H3/t18-/m1/s1. The monoisotopic (exact) mass is 406 g/mol. The average molecular weight is 406 g/mol. The van der Waals surface area contributed by atoms with Gasteiger partial charge in [-0.3, -0.25) is 4.79 Å². The fourth-order valence-corrected chi connectivity index (χ4v) is 4.54. The Hall–Kier alpha value is -2.45. The summed E-state index contributed by atoms with van der Waals surface area (Å²) >= 11 is 0. The van der Waals surface area contributed by atoms with E-state index in [-0.39, 0.29) is 42.7 Å². The van der Waals surface area contributed by atoms with Gasteiger partial charge in [-0.05, 0) is 30.7 Å². The third kappa shape index (κ3) is 4.34. The molecule has 8 heteroatoms. The van der Waals surface area contributed by atoms with E-state index in [4.69, 9.17) is 4.74 Å².